The number of rotatable bonds is 0. The number of fused-ring (bicyclic) bond motifs is 6. The largest absolute Gasteiger partial charge is 0.364 e. The molecule has 0 bridgehead atoms. The molecule has 0 radical (unpaired) electrons. The van der Waals surface area contributed by atoms with Gasteiger partial charge < -0.3 is 10.6 Å². The van der Waals surface area contributed by atoms with Crippen molar-refractivity contribution in [3.8, 4) is 36.4 Å². The SMILES string of the molecule is N#Cc1nc2c3c(c4nc(C#N)c(C#N)nc4c2nc1C#N)NC(C#N)C(C#N)N3. The monoisotopic (exact) mass is 388 g/mol. The van der Waals surface area contributed by atoms with E-state index in [4.69, 9.17) is 0 Å². The lowest BCUT2D eigenvalue weighted by Gasteiger charge is -2.29. The van der Waals surface area contributed by atoms with Crippen LogP contribution in [0.25, 0.3) is 22.1 Å². The average molecular weight is 388 g/mol. The van der Waals surface area contributed by atoms with Crippen LogP contribution >= 0.6 is 0 Å². The Bertz CT molecular complexity index is 1410. The summed E-state index contributed by atoms with van der Waals surface area (Å²) in [6.45, 7) is 0. The van der Waals surface area contributed by atoms with Gasteiger partial charge in [-0.15, -0.1) is 0 Å². The highest BCUT2D eigenvalue weighted by Crippen LogP contribution is 2.40. The predicted octanol–water partition coefficient (Wildman–Crippen LogP) is 0.681. The highest BCUT2D eigenvalue weighted by atomic mass is 15.1. The zero-order chi connectivity index (χ0) is 21.4. The van der Waals surface area contributed by atoms with E-state index in [9.17, 15) is 31.6 Å². The molecule has 4 rings (SSSR count). The van der Waals surface area contributed by atoms with Gasteiger partial charge in [-0.25, -0.2) is 19.9 Å². The average Bonchev–Trinajstić information content (AvgIpc) is 2.81. The fraction of sp³-hybridized carbons (Fsp3) is 0.111. The van der Waals surface area contributed by atoms with Gasteiger partial charge in [-0.05, 0) is 0 Å². The van der Waals surface area contributed by atoms with Crippen molar-refractivity contribution in [1.29, 1.82) is 31.6 Å². The third-order valence-corrected chi connectivity index (χ3v) is 4.37. The fourth-order valence-electron chi connectivity index (χ4n) is 3.07. The first-order valence-corrected chi connectivity index (χ1v) is 8.12. The van der Waals surface area contributed by atoms with E-state index in [1.807, 2.05) is 12.1 Å². The molecule has 3 heterocycles. The van der Waals surface area contributed by atoms with Gasteiger partial charge in [-0.2, -0.15) is 31.6 Å². The molecular weight excluding hydrogens is 384 g/mol. The first-order chi connectivity index (χ1) is 14.6. The summed E-state index contributed by atoms with van der Waals surface area (Å²) in [5.41, 5.74) is -0.280. The Morgan fingerprint density at radius 1 is 0.500 bits per heavy atom. The Morgan fingerprint density at radius 3 is 1.07 bits per heavy atom. The number of nitrogens with one attached hydrogen (secondary N) is 2. The highest BCUT2D eigenvalue weighted by Gasteiger charge is 2.33. The summed E-state index contributed by atoms with van der Waals surface area (Å²) in [4.78, 5) is 16.7. The molecule has 2 aromatic heterocycles. The molecule has 3 aromatic rings. The quantitative estimate of drug-likeness (QED) is 0.508. The van der Waals surface area contributed by atoms with E-state index < -0.39 is 12.1 Å². The second-order valence-corrected chi connectivity index (χ2v) is 5.94. The number of aromatic nitrogens is 4. The van der Waals surface area contributed by atoms with Crippen LogP contribution in [-0.4, -0.2) is 32.0 Å². The molecule has 0 amide bonds. The van der Waals surface area contributed by atoms with Crippen molar-refractivity contribution in [2.75, 3.05) is 10.6 Å². The molecule has 0 saturated heterocycles. The molecule has 0 aliphatic carbocycles. The van der Waals surface area contributed by atoms with E-state index in [0.717, 1.165) is 0 Å². The van der Waals surface area contributed by atoms with Gasteiger partial charge >= 0.3 is 0 Å². The van der Waals surface area contributed by atoms with Crippen molar-refractivity contribution in [1.82, 2.24) is 19.9 Å². The van der Waals surface area contributed by atoms with Crippen LogP contribution < -0.4 is 10.6 Å². The minimum atomic E-state index is -0.965. The normalized spacial score (nSPS) is 16.3. The molecule has 30 heavy (non-hydrogen) atoms. The van der Waals surface area contributed by atoms with Crippen molar-refractivity contribution in [3.63, 3.8) is 0 Å². The van der Waals surface area contributed by atoms with Crippen molar-refractivity contribution in [2.45, 2.75) is 12.1 Å². The van der Waals surface area contributed by atoms with Gasteiger partial charge in [0.05, 0.1) is 23.5 Å². The van der Waals surface area contributed by atoms with Gasteiger partial charge in [-0.1, -0.05) is 0 Å². The van der Waals surface area contributed by atoms with Gasteiger partial charge in [0.15, 0.2) is 22.8 Å². The summed E-state index contributed by atoms with van der Waals surface area (Å²) in [6, 6.07) is 9.11. The summed E-state index contributed by atoms with van der Waals surface area (Å²) in [6.07, 6.45) is 0. The van der Waals surface area contributed by atoms with Crippen LogP contribution in [-0.2, 0) is 0 Å². The summed E-state index contributed by atoms with van der Waals surface area (Å²) in [5.74, 6) is 0. The third-order valence-electron chi connectivity index (χ3n) is 4.37. The summed E-state index contributed by atoms with van der Waals surface area (Å²) >= 11 is 0. The van der Waals surface area contributed by atoms with Crippen molar-refractivity contribution in [3.05, 3.63) is 22.8 Å². The predicted molar refractivity (Wildman–Crippen MR) is 97.5 cm³/mol. The van der Waals surface area contributed by atoms with Gasteiger partial charge in [0.1, 0.15) is 58.4 Å². The summed E-state index contributed by atoms with van der Waals surface area (Å²) < 4.78 is 0. The molecule has 0 saturated carbocycles. The Hall–Kier alpha value is -5.56. The first-order valence-electron chi connectivity index (χ1n) is 8.12. The zero-order valence-corrected chi connectivity index (χ0v) is 14.6. The van der Waals surface area contributed by atoms with E-state index >= 15 is 0 Å². The van der Waals surface area contributed by atoms with Crippen LogP contribution in [0.3, 0.4) is 0 Å². The van der Waals surface area contributed by atoms with E-state index in [0.29, 0.717) is 0 Å². The van der Waals surface area contributed by atoms with E-state index in [1.54, 1.807) is 24.3 Å². The second-order valence-electron chi connectivity index (χ2n) is 5.94. The van der Waals surface area contributed by atoms with Crippen LogP contribution in [0.15, 0.2) is 0 Å². The number of hydrogen-bond acceptors (Lipinski definition) is 12. The van der Waals surface area contributed by atoms with Crippen LogP contribution in [0.2, 0.25) is 0 Å². The summed E-state index contributed by atoms with van der Waals surface area (Å²) in [7, 11) is 0. The van der Waals surface area contributed by atoms with Crippen molar-refractivity contribution < 1.29 is 0 Å². The Labute approximate surface area is 167 Å². The maximum Gasteiger partial charge on any atom is 0.177 e. The molecule has 0 fully saturated rings. The Kier molecular flexibility index (Phi) is 3.90. The topological polar surface area (TPSA) is 218 Å². The number of nitriles is 6. The molecule has 12 heteroatoms. The van der Waals surface area contributed by atoms with E-state index in [1.165, 1.54) is 0 Å². The zero-order valence-electron chi connectivity index (χ0n) is 14.6. The van der Waals surface area contributed by atoms with Gasteiger partial charge in [-0.3, -0.25) is 0 Å². The highest BCUT2D eigenvalue weighted by molar-refractivity contribution is 6.15. The molecular formula is C18H4N12. The molecule has 2 N–H and O–H groups in total. The smallest absolute Gasteiger partial charge is 0.177 e. The molecule has 1 aromatic carbocycles. The molecule has 2 unspecified atom stereocenters. The van der Waals surface area contributed by atoms with Crippen LogP contribution in [0, 0.1) is 68.0 Å². The minimum absolute atomic E-state index is 0.0502. The molecule has 1 aliphatic rings. The number of benzene rings is 1. The Balaban J connectivity index is 2.25. The van der Waals surface area contributed by atoms with Gasteiger partial charge in [0.25, 0.3) is 0 Å². The van der Waals surface area contributed by atoms with Crippen molar-refractivity contribution in [2.24, 2.45) is 0 Å². The number of hydrogen-bond donors (Lipinski definition) is 2. The Morgan fingerprint density at radius 2 is 0.800 bits per heavy atom. The summed E-state index contributed by atoms with van der Waals surface area (Å²) in [5, 5.41) is 61.8. The minimum Gasteiger partial charge on any atom is -0.364 e. The van der Waals surface area contributed by atoms with E-state index in [2.05, 4.69) is 30.6 Å². The molecule has 1 aliphatic heterocycles. The number of anilines is 2. The lowest BCUT2D eigenvalue weighted by molar-refractivity contribution is 0.795. The lowest BCUT2D eigenvalue weighted by Crippen LogP contribution is -2.41. The third kappa shape index (κ3) is 2.34. The second kappa shape index (κ2) is 6.55. The lowest BCUT2D eigenvalue weighted by atomic mass is 10.0. The number of nitrogens with zero attached hydrogens (tertiary/aromatic N) is 10. The van der Waals surface area contributed by atoms with Gasteiger partial charge in [0.2, 0.25) is 0 Å². The molecule has 136 valence electrons. The van der Waals surface area contributed by atoms with Crippen LogP contribution in [0.1, 0.15) is 22.8 Å². The molecule has 0 spiro atoms. The van der Waals surface area contributed by atoms with Crippen LogP contribution in [0.4, 0.5) is 11.4 Å². The maximum atomic E-state index is 9.39. The maximum absolute atomic E-state index is 9.39. The van der Waals surface area contributed by atoms with Crippen LogP contribution in [0.5, 0.6) is 0 Å². The fourth-order valence-corrected chi connectivity index (χ4v) is 3.07. The van der Waals surface area contributed by atoms with E-state index in [-0.39, 0.29) is 56.2 Å². The van der Waals surface area contributed by atoms with Crippen molar-refractivity contribution >= 4 is 33.4 Å². The molecule has 12 nitrogen and oxygen atoms in total. The standard InChI is InChI=1S/C18H4N12/c19-1-7-8(2-20)26-14-13(25-7)15-17(29-10(4-22)9(3-21)27-15)18-16(14)28-11(5-23)12(6-24)30-18/h7-8,25-26H. The van der Waals surface area contributed by atoms with Gasteiger partial charge in [0, 0.05) is 0 Å². The molecule has 2 atom stereocenters. The first kappa shape index (κ1) is 17.8.